The highest BCUT2D eigenvalue weighted by Gasteiger charge is 2.00. The number of rotatable bonds is 9. The van der Waals surface area contributed by atoms with Crippen LogP contribution >= 0.6 is 0 Å². The molecule has 0 saturated heterocycles. The van der Waals surface area contributed by atoms with Gasteiger partial charge in [-0.15, -0.1) is 0 Å². The highest BCUT2D eigenvalue weighted by atomic mass is 16.5. The molecule has 0 aliphatic heterocycles. The van der Waals surface area contributed by atoms with Crippen molar-refractivity contribution in [2.75, 3.05) is 19.8 Å². The van der Waals surface area contributed by atoms with Gasteiger partial charge in [-0.05, 0) is 36.0 Å². The number of nitrogens with one attached hydrogen (secondary N) is 1. The van der Waals surface area contributed by atoms with E-state index < -0.39 is 0 Å². The van der Waals surface area contributed by atoms with Crippen molar-refractivity contribution in [2.45, 2.75) is 33.7 Å². The summed E-state index contributed by atoms with van der Waals surface area (Å²) in [4.78, 5) is 0. The van der Waals surface area contributed by atoms with Gasteiger partial charge in [0.2, 0.25) is 0 Å². The average molecular weight is 265 g/mol. The summed E-state index contributed by atoms with van der Waals surface area (Å²) in [5, 5.41) is 12.3. The molecule has 1 aromatic rings. The molecule has 3 heteroatoms. The van der Waals surface area contributed by atoms with Gasteiger partial charge < -0.3 is 15.2 Å². The maximum absolute atomic E-state index is 8.93. The Morgan fingerprint density at radius 3 is 2.42 bits per heavy atom. The predicted molar refractivity (Wildman–Crippen MR) is 79.3 cm³/mol. The van der Waals surface area contributed by atoms with Crippen molar-refractivity contribution in [3.8, 4) is 5.75 Å². The fourth-order valence-electron chi connectivity index (χ4n) is 1.64. The van der Waals surface area contributed by atoms with Crippen LogP contribution in [0.2, 0.25) is 0 Å². The van der Waals surface area contributed by atoms with Gasteiger partial charge in [-0.1, -0.05) is 32.9 Å². The fraction of sp³-hybridized carbons (Fsp3) is 0.625. The molecule has 1 aromatic carbocycles. The van der Waals surface area contributed by atoms with E-state index in [0.717, 1.165) is 31.9 Å². The molecule has 0 aromatic heterocycles. The lowest BCUT2D eigenvalue weighted by atomic mass is 10.1. The summed E-state index contributed by atoms with van der Waals surface area (Å²) >= 11 is 0. The molecule has 0 amide bonds. The molecule has 3 nitrogen and oxygen atoms in total. The lowest BCUT2D eigenvalue weighted by Crippen LogP contribution is -2.22. The van der Waals surface area contributed by atoms with E-state index in [2.05, 4.69) is 31.3 Å². The van der Waals surface area contributed by atoms with Crippen LogP contribution in [0.1, 0.15) is 32.8 Å². The van der Waals surface area contributed by atoms with Crippen LogP contribution in [0, 0.1) is 11.8 Å². The molecule has 2 N–H and O–H groups in total. The van der Waals surface area contributed by atoms with Gasteiger partial charge in [0.1, 0.15) is 5.75 Å². The van der Waals surface area contributed by atoms with E-state index in [-0.39, 0.29) is 6.61 Å². The Bertz CT molecular complexity index is 335. The second-order valence-corrected chi connectivity index (χ2v) is 5.59. The molecule has 0 saturated carbocycles. The molecule has 0 aliphatic carbocycles. The first-order valence-corrected chi connectivity index (χ1v) is 7.15. The van der Waals surface area contributed by atoms with Crippen LogP contribution in [0.15, 0.2) is 24.3 Å². The van der Waals surface area contributed by atoms with Crippen molar-refractivity contribution in [3.05, 3.63) is 29.8 Å². The Kier molecular flexibility index (Phi) is 7.53. The molecular weight excluding hydrogens is 238 g/mol. The zero-order valence-electron chi connectivity index (χ0n) is 12.4. The molecule has 0 heterocycles. The molecule has 1 atom stereocenters. The predicted octanol–water partition coefficient (Wildman–Crippen LogP) is 2.83. The number of aliphatic hydroxyl groups is 1. The molecule has 1 rings (SSSR count). The van der Waals surface area contributed by atoms with Crippen LogP contribution in [-0.2, 0) is 6.54 Å². The summed E-state index contributed by atoms with van der Waals surface area (Å²) in [6, 6.07) is 8.21. The van der Waals surface area contributed by atoms with Gasteiger partial charge in [0.05, 0.1) is 6.61 Å². The zero-order valence-corrected chi connectivity index (χ0v) is 12.4. The largest absolute Gasteiger partial charge is 0.494 e. The molecule has 19 heavy (non-hydrogen) atoms. The molecular formula is C16H27NO2. The minimum atomic E-state index is 0.232. The van der Waals surface area contributed by atoms with Gasteiger partial charge >= 0.3 is 0 Å². The average Bonchev–Trinajstić information content (AvgIpc) is 2.40. The van der Waals surface area contributed by atoms with E-state index in [1.165, 1.54) is 5.56 Å². The van der Waals surface area contributed by atoms with E-state index in [9.17, 15) is 0 Å². The number of ether oxygens (including phenoxy) is 1. The first-order valence-electron chi connectivity index (χ1n) is 7.15. The molecule has 0 radical (unpaired) electrons. The smallest absolute Gasteiger partial charge is 0.119 e. The van der Waals surface area contributed by atoms with Crippen LogP contribution in [-0.4, -0.2) is 24.9 Å². The number of hydrogen-bond donors (Lipinski definition) is 2. The van der Waals surface area contributed by atoms with Crippen LogP contribution in [0.4, 0.5) is 0 Å². The van der Waals surface area contributed by atoms with Gasteiger partial charge in [0.25, 0.3) is 0 Å². The van der Waals surface area contributed by atoms with Crippen LogP contribution in [0.5, 0.6) is 5.75 Å². The summed E-state index contributed by atoms with van der Waals surface area (Å²) in [6.07, 6.45) is 1.09. The third kappa shape index (κ3) is 7.19. The molecule has 0 aliphatic rings. The Balaban J connectivity index is 2.27. The number of benzene rings is 1. The van der Waals surface area contributed by atoms with Gasteiger partial charge in [0.15, 0.2) is 0 Å². The van der Waals surface area contributed by atoms with Crippen molar-refractivity contribution in [1.29, 1.82) is 0 Å². The monoisotopic (exact) mass is 265 g/mol. The van der Waals surface area contributed by atoms with Crippen molar-refractivity contribution < 1.29 is 9.84 Å². The third-order valence-corrected chi connectivity index (χ3v) is 3.02. The topological polar surface area (TPSA) is 41.5 Å². The lowest BCUT2D eigenvalue weighted by molar-refractivity contribution is 0.233. The van der Waals surface area contributed by atoms with Gasteiger partial charge in [-0.3, -0.25) is 0 Å². The maximum atomic E-state index is 8.93. The Morgan fingerprint density at radius 1 is 1.16 bits per heavy atom. The molecule has 1 unspecified atom stereocenters. The summed E-state index contributed by atoms with van der Waals surface area (Å²) < 4.78 is 5.68. The summed E-state index contributed by atoms with van der Waals surface area (Å²) in [5.41, 5.74) is 1.24. The Hall–Kier alpha value is -1.06. The minimum absolute atomic E-state index is 0.232. The maximum Gasteiger partial charge on any atom is 0.119 e. The SMILES string of the molecule is CC(C)CCOc1ccc(CNCC(C)CO)cc1. The molecule has 108 valence electrons. The second kappa shape index (κ2) is 8.94. The molecule has 0 bridgehead atoms. The standard InChI is InChI=1S/C16H27NO2/c1-13(2)8-9-19-16-6-4-15(5-7-16)11-17-10-14(3)12-18/h4-7,13-14,17-18H,8-12H2,1-3H3. The molecule has 0 spiro atoms. The lowest BCUT2D eigenvalue weighted by Gasteiger charge is -2.11. The van der Waals surface area contributed by atoms with Crippen LogP contribution < -0.4 is 10.1 Å². The Morgan fingerprint density at radius 2 is 1.84 bits per heavy atom. The highest BCUT2D eigenvalue weighted by Crippen LogP contribution is 2.13. The van der Waals surface area contributed by atoms with Crippen molar-refractivity contribution >= 4 is 0 Å². The quantitative estimate of drug-likeness (QED) is 0.721. The van der Waals surface area contributed by atoms with E-state index in [1.807, 2.05) is 19.1 Å². The fourth-order valence-corrected chi connectivity index (χ4v) is 1.64. The second-order valence-electron chi connectivity index (χ2n) is 5.59. The van der Waals surface area contributed by atoms with E-state index in [1.54, 1.807) is 0 Å². The minimum Gasteiger partial charge on any atom is -0.494 e. The highest BCUT2D eigenvalue weighted by molar-refractivity contribution is 5.27. The van der Waals surface area contributed by atoms with Crippen molar-refractivity contribution in [3.63, 3.8) is 0 Å². The first kappa shape index (κ1) is 16.0. The summed E-state index contributed by atoms with van der Waals surface area (Å²) in [7, 11) is 0. The van der Waals surface area contributed by atoms with Crippen molar-refractivity contribution in [2.24, 2.45) is 11.8 Å². The van der Waals surface area contributed by atoms with Gasteiger partial charge in [-0.2, -0.15) is 0 Å². The van der Waals surface area contributed by atoms with E-state index >= 15 is 0 Å². The number of hydrogen-bond acceptors (Lipinski definition) is 3. The van der Waals surface area contributed by atoms with E-state index in [0.29, 0.717) is 11.8 Å². The Labute approximate surface area is 117 Å². The normalized spacial score (nSPS) is 12.7. The van der Waals surface area contributed by atoms with Gasteiger partial charge in [-0.25, -0.2) is 0 Å². The van der Waals surface area contributed by atoms with Crippen LogP contribution in [0.3, 0.4) is 0 Å². The van der Waals surface area contributed by atoms with Gasteiger partial charge in [0, 0.05) is 19.7 Å². The zero-order chi connectivity index (χ0) is 14.1. The van der Waals surface area contributed by atoms with E-state index in [4.69, 9.17) is 9.84 Å². The third-order valence-electron chi connectivity index (χ3n) is 3.02. The first-order chi connectivity index (χ1) is 9.11. The van der Waals surface area contributed by atoms with Crippen LogP contribution in [0.25, 0.3) is 0 Å². The summed E-state index contributed by atoms with van der Waals surface area (Å²) in [5.74, 6) is 1.92. The summed E-state index contributed by atoms with van der Waals surface area (Å²) in [6.45, 7) is 9.11. The van der Waals surface area contributed by atoms with Crippen molar-refractivity contribution in [1.82, 2.24) is 5.32 Å². The molecule has 0 fully saturated rings. The number of aliphatic hydroxyl groups excluding tert-OH is 1.